The molecule has 0 unspecified atom stereocenters. The minimum atomic E-state index is -0.607. The van der Waals surface area contributed by atoms with Gasteiger partial charge in [0.1, 0.15) is 16.9 Å². The van der Waals surface area contributed by atoms with Gasteiger partial charge in [-0.05, 0) is 44.4 Å². The molecule has 1 heterocycles. The van der Waals surface area contributed by atoms with Gasteiger partial charge < -0.3 is 19.2 Å². The topological polar surface area (TPSA) is 94.8 Å². The van der Waals surface area contributed by atoms with Crippen molar-refractivity contribution >= 4 is 33.8 Å². The summed E-state index contributed by atoms with van der Waals surface area (Å²) in [5.74, 6) is -0.272. The Hall–Kier alpha value is -3.35. The number of fused-ring (bicyclic) bond motifs is 3. The number of hydrogen-bond donors (Lipinski definition) is 1. The largest absolute Gasteiger partial charge is 0.444 e. The lowest BCUT2D eigenvalue weighted by atomic mass is 10.1. The molecule has 7 heteroatoms. The van der Waals surface area contributed by atoms with E-state index in [-0.39, 0.29) is 18.7 Å². The Kier molecular flexibility index (Phi) is 5.35. The zero-order valence-corrected chi connectivity index (χ0v) is 15.9. The quantitative estimate of drug-likeness (QED) is 0.319. The molecule has 0 aliphatic rings. The molecule has 1 amide bonds. The predicted octanol–water partition coefficient (Wildman–Crippen LogP) is 3.77. The number of rotatable bonds is 4. The summed E-state index contributed by atoms with van der Waals surface area (Å²) in [6.07, 6.45) is -0.626. The van der Waals surface area contributed by atoms with Crippen LogP contribution < -0.4 is 15.7 Å². The second-order valence-electron chi connectivity index (χ2n) is 7.25. The maximum Gasteiger partial charge on any atom is 0.407 e. The lowest BCUT2D eigenvalue weighted by Gasteiger charge is -2.19. The molecule has 2 aromatic carbocycles. The van der Waals surface area contributed by atoms with Crippen LogP contribution in [0.1, 0.15) is 27.2 Å². The molecule has 0 saturated carbocycles. The molecular formula is C21H21NO6. The number of carbonyl (C=O) groups is 2. The smallest absolute Gasteiger partial charge is 0.407 e. The number of hydrogen-bond acceptors (Lipinski definition) is 6. The summed E-state index contributed by atoms with van der Waals surface area (Å²) < 4.78 is 15.7. The predicted molar refractivity (Wildman–Crippen MR) is 104 cm³/mol. The summed E-state index contributed by atoms with van der Waals surface area (Å²) >= 11 is 0. The molecule has 1 N–H and O–H groups in total. The van der Waals surface area contributed by atoms with E-state index in [9.17, 15) is 14.4 Å². The average Bonchev–Trinajstić information content (AvgIpc) is 2.60. The fourth-order valence-electron chi connectivity index (χ4n) is 2.69. The molecule has 7 nitrogen and oxygen atoms in total. The van der Waals surface area contributed by atoms with Crippen LogP contribution in [0.15, 0.2) is 51.7 Å². The summed E-state index contributed by atoms with van der Waals surface area (Å²) in [5.41, 5.74) is -0.724. The van der Waals surface area contributed by atoms with E-state index in [0.717, 1.165) is 10.8 Å². The fourth-order valence-corrected chi connectivity index (χ4v) is 2.69. The van der Waals surface area contributed by atoms with Gasteiger partial charge in [0.25, 0.3) is 0 Å². The van der Waals surface area contributed by atoms with E-state index in [2.05, 4.69) is 5.32 Å². The van der Waals surface area contributed by atoms with Gasteiger partial charge in [-0.2, -0.15) is 0 Å². The number of esters is 1. The lowest BCUT2D eigenvalue weighted by Crippen LogP contribution is -2.34. The van der Waals surface area contributed by atoms with E-state index in [1.165, 1.54) is 6.07 Å². The maximum absolute atomic E-state index is 12.1. The number of ether oxygens (including phenoxy) is 2. The van der Waals surface area contributed by atoms with Crippen LogP contribution in [-0.2, 0) is 9.53 Å². The summed E-state index contributed by atoms with van der Waals surface area (Å²) in [7, 11) is 0. The Morgan fingerprint density at radius 2 is 1.75 bits per heavy atom. The number of nitrogens with one attached hydrogen (secondary N) is 1. The summed E-state index contributed by atoms with van der Waals surface area (Å²) in [6, 6.07) is 12.0. The first-order chi connectivity index (χ1) is 13.2. The summed E-state index contributed by atoms with van der Waals surface area (Å²) in [4.78, 5) is 35.6. The highest BCUT2D eigenvalue weighted by Gasteiger charge is 2.16. The van der Waals surface area contributed by atoms with Crippen molar-refractivity contribution in [1.82, 2.24) is 5.32 Å². The third-order valence-corrected chi connectivity index (χ3v) is 3.82. The number of alkyl carbamates (subject to hydrolysis) is 1. The van der Waals surface area contributed by atoms with Crippen LogP contribution in [0.25, 0.3) is 21.7 Å². The monoisotopic (exact) mass is 383 g/mol. The third-order valence-electron chi connectivity index (χ3n) is 3.82. The minimum absolute atomic E-state index is 0.0288. The van der Waals surface area contributed by atoms with Crippen molar-refractivity contribution < 1.29 is 23.5 Å². The molecule has 0 atom stereocenters. The number of carbonyl (C=O) groups excluding carboxylic acids is 2. The molecule has 0 fully saturated rings. The Balaban J connectivity index is 1.66. The van der Waals surface area contributed by atoms with E-state index < -0.39 is 23.3 Å². The highest BCUT2D eigenvalue weighted by Crippen LogP contribution is 2.26. The Bertz CT molecular complexity index is 1090. The standard InChI is InChI=1S/C21H21NO6/c1-21(2,3)28-20(25)22-11-10-18(23)26-13-8-9-15-14-6-4-5-7-16(14)19(24)27-17(15)12-13/h4-9,12H,10-11H2,1-3H3,(H,22,25). The molecule has 0 aliphatic heterocycles. The van der Waals surface area contributed by atoms with Gasteiger partial charge in [-0.15, -0.1) is 0 Å². The van der Waals surface area contributed by atoms with Crippen molar-refractivity contribution in [2.45, 2.75) is 32.8 Å². The third kappa shape index (κ3) is 4.68. The Morgan fingerprint density at radius 1 is 1.04 bits per heavy atom. The van der Waals surface area contributed by atoms with Crippen molar-refractivity contribution in [2.75, 3.05) is 6.54 Å². The summed E-state index contributed by atoms with van der Waals surface area (Å²) in [5, 5.41) is 4.51. The SMILES string of the molecule is CC(C)(C)OC(=O)NCCC(=O)Oc1ccc2c(c1)oc(=O)c1ccccc12. The number of benzene rings is 2. The van der Waals surface area contributed by atoms with Gasteiger partial charge in [-0.25, -0.2) is 9.59 Å². The van der Waals surface area contributed by atoms with E-state index in [0.29, 0.717) is 11.0 Å². The van der Waals surface area contributed by atoms with Gasteiger partial charge in [0, 0.05) is 18.0 Å². The van der Waals surface area contributed by atoms with Crippen molar-refractivity contribution in [3.63, 3.8) is 0 Å². The van der Waals surface area contributed by atoms with Gasteiger partial charge >= 0.3 is 17.7 Å². The molecule has 0 radical (unpaired) electrons. The van der Waals surface area contributed by atoms with Crippen LogP contribution in [-0.4, -0.2) is 24.2 Å². The highest BCUT2D eigenvalue weighted by atomic mass is 16.6. The van der Waals surface area contributed by atoms with Crippen molar-refractivity contribution in [1.29, 1.82) is 0 Å². The Labute approximate surface area is 161 Å². The van der Waals surface area contributed by atoms with E-state index in [1.807, 2.05) is 12.1 Å². The van der Waals surface area contributed by atoms with Crippen LogP contribution in [0.2, 0.25) is 0 Å². The van der Waals surface area contributed by atoms with Gasteiger partial charge in [0.2, 0.25) is 0 Å². The molecule has 0 bridgehead atoms. The van der Waals surface area contributed by atoms with Gasteiger partial charge in [0.05, 0.1) is 11.8 Å². The highest BCUT2D eigenvalue weighted by molar-refractivity contribution is 6.04. The molecule has 0 saturated heterocycles. The number of amides is 1. The summed E-state index contributed by atoms with van der Waals surface area (Å²) in [6.45, 7) is 5.34. The molecule has 146 valence electrons. The Morgan fingerprint density at radius 3 is 2.46 bits per heavy atom. The van der Waals surface area contributed by atoms with Crippen LogP contribution in [0.4, 0.5) is 4.79 Å². The van der Waals surface area contributed by atoms with E-state index in [1.54, 1.807) is 45.0 Å². The molecule has 28 heavy (non-hydrogen) atoms. The van der Waals surface area contributed by atoms with Crippen LogP contribution in [0.5, 0.6) is 5.75 Å². The second kappa shape index (κ2) is 7.72. The van der Waals surface area contributed by atoms with Crippen molar-refractivity contribution in [2.24, 2.45) is 0 Å². The molecule has 3 rings (SSSR count). The lowest BCUT2D eigenvalue weighted by molar-refractivity contribution is -0.134. The van der Waals surface area contributed by atoms with Crippen LogP contribution in [0, 0.1) is 0 Å². The molecule has 0 aliphatic carbocycles. The molecule has 1 aromatic heterocycles. The first-order valence-electron chi connectivity index (χ1n) is 8.86. The fraction of sp³-hybridized carbons (Fsp3) is 0.286. The van der Waals surface area contributed by atoms with Crippen LogP contribution in [0.3, 0.4) is 0 Å². The maximum atomic E-state index is 12.1. The first kappa shape index (κ1) is 19.4. The van der Waals surface area contributed by atoms with Gasteiger partial charge in [0.15, 0.2) is 0 Å². The zero-order valence-electron chi connectivity index (χ0n) is 15.9. The first-order valence-corrected chi connectivity index (χ1v) is 8.86. The average molecular weight is 383 g/mol. The van der Waals surface area contributed by atoms with Gasteiger partial charge in [-0.1, -0.05) is 18.2 Å². The molecule has 3 aromatic rings. The van der Waals surface area contributed by atoms with Crippen LogP contribution >= 0.6 is 0 Å². The minimum Gasteiger partial charge on any atom is -0.444 e. The van der Waals surface area contributed by atoms with Crippen molar-refractivity contribution in [3.8, 4) is 5.75 Å². The zero-order chi connectivity index (χ0) is 20.3. The van der Waals surface area contributed by atoms with Crippen molar-refractivity contribution in [3.05, 3.63) is 52.9 Å². The van der Waals surface area contributed by atoms with E-state index >= 15 is 0 Å². The molecule has 0 spiro atoms. The van der Waals surface area contributed by atoms with Gasteiger partial charge in [-0.3, -0.25) is 4.79 Å². The normalized spacial score (nSPS) is 11.4. The second-order valence-corrected chi connectivity index (χ2v) is 7.25. The van der Waals surface area contributed by atoms with E-state index in [4.69, 9.17) is 13.9 Å². The molecular weight excluding hydrogens is 362 g/mol.